The molecule has 0 radical (unpaired) electrons. The van der Waals surface area contributed by atoms with E-state index in [4.69, 9.17) is 19.7 Å². The van der Waals surface area contributed by atoms with Gasteiger partial charge in [-0.05, 0) is 0 Å². The van der Waals surface area contributed by atoms with Crippen LogP contribution in [0, 0.1) is 0 Å². The zero-order chi connectivity index (χ0) is 15.8. The van der Waals surface area contributed by atoms with Crippen molar-refractivity contribution in [3.63, 3.8) is 0 Å². The van der Waals surface area contributed by atoms with Crippen LogP contribution in [-0.2, 0) is 4.79 Å². The predicted octanol–water partition coefficient (Wildman–Crippen LogP) is -0.549. The van der Waals surface area contributed by atoms with Crippen LogP contribution in [0.3, 0.4) is 0 Å². The second-order valence-corrected chi connectivity index (χ2v) is 3.78. The number of methoxy groups -OCH3 is 2. The summed E-state index contributed by atoms with van der Waals surface area (Å²) >= 11 is 0. The molecule has 0 bridgehead atoms. The fourth-order valence-electron chi connectivity index (χ4n) is 1.35. The fraction of sp³-hybridized carbons (Fsp3) is 0.455. The zero-order valence-electron chi connectivity index (χ0n) is 11.5. The van der Waals surface area contributed by atoms with Gasteiger partial charge in [0, 0.05) is 13.0 Å². The first kappa shape index (κ1) is 16.4. The molecule has 10 nitrogen and oxygen atoms in total. The van der Waals surface area contributed by atoms with E-state index in [0.717, 1.165) is 0 Å². The van der Waals surface area contributed by atoms with Gasteiger partial charge in [-0.15, -0.1) is 0 Å². The minimum Gasteiger partial charge on any atom is -0.481 e. The number of rotatable bonds is 7. The van der Waals surface area contributed by atoms with Crippen LogP contribution in [-0.4, -0.2) is 59.0 Å². The number of amides is 2. The van der Waals surface area contributed by atoms with Gasteiger partial charge in [-0.2, -0.15) is 9.97 Å². The molecule has 1 heterocycles. The molecule has 0 aliphatic carbocycles. The van der Waals surface area contributed by atoms with Gasteiger partial charge < -0.3 is 25.0 Å². The van der Waals surface area contributed by atoms with Crippen LogP contribution in [0.1, 0.15) is 6.42 Å². The van der Waals surface area contributed by atoms with Crippen molar-refractivity contribution in [3.8, 4) is 11.8 Å². The number of hydrogen-bond acceptors (Lipinski definition) is 7. The number of carboxylic acids is 1. The highest BCUT2D eigenvalue weighted by Gasteiger charge is 2.20. The summed E-state index contributed by atoms with van der Waals surface area (Å²) in [6.45, 7) is -0.374. The van der Waals surface area contributed by atoms with Crippen molar-refractivity contribution in [2.24, 2.45) is 0 Å². The number of aromatic nitrogens is 2. The maximum absolute atomic E-state index is 11.7. The lowest BCUT2D eigenvalue weighted by Gasteiger charge is -2.13. The lowest BCUT2D eigenvalue weighted by molar-refractivity contribution is -0.139. The molecule has 2 amide bonds. The molecule has 4 N–H and O–H groups in total. The monoisotopic (exact) mass is 300 g/mol. The molecule has 1 rings (SSSR count). The van der Waals surface area contributed by atoms with Gasteiger partial charge >= 0.3 is 12.0 Å². The molecule has 1 aromatic heterocycles. The Bertz CT molecular complexity index is 487. The van der Waals surface area contributed by atoms with Crippen molar-refractivity contribution < 1.29 is 29.3 Å². The molecule has 1 aromatic rings. The van der Waals surface area contributed by atoms with Gasteiger partial charge in [0.1, 0.15) is 6.04 Å². The number of carboxylic acid groups (broad SMARTS) is 1. The maximum Gasteiger partial charge on any atom is 0.326 e. The number of anilines is 1. The molecule has 0 unspecified atom stereocenters. The quantitative estimate of drug-likeness (QED) is 0.525. The molecule has 0 aliphatic rings. The average Bonchev–Trinajstić information content (AvgIpc) is 2.46. The molecular formula is C11H16N4O6. The first-order chi connectivity index (χ1) is 9.99. The van der Waals surface area contributed by atoms with E-state index in [-0.39, 0.29) is 30.7 Å². The number of carbonyl (C=O) groups excluding carboxylic acids is 1. The van der Waals surface area contributed by atoms with Crippen LogP contribution in [0.2, 0.25) is 0 Å². The number of hydrogen-bond donors (Lipinski definition) is 4. The Morgan fingerprint density at radius 1 is 1.29 bits per heavy atom. The molecule has 21 heavy (non-hydrogen) atoms. The van der Waals surface area contributed by atoms with Crippen LogP contribution < -0.4 is 20.1 Å². The molecule has 0 fully saturated rings. The lowest BCUT2D eigenvalue weighted by Crippen LogP contribution is -2.43. The third-order valence-corrected chi connectivity index (χ3v) is 2.34. The van der Waals surface area contributed by atoms with Gasteiger partial charge in [0.05, 0.1) is 20.3 Å². The van der Waals surface area contributed by atoms with Crippen molar-refractivity contribution in [1.82, 2.24) is 15.3 Å². The summed E-state index contributed by atoms with van der Waals surface area (Å²) in [5, 5.41) is 22.0. The van der Waals surface area contributed by atoms with E-state index in [1.54, 1.807) is 0 Å². The number of aliphatic hydroxyl groups excluding tert-OH is 1. The molecular weight excluding hydrogens is 284 g/mol. The molecule has 1 atom stereocenters. The molecule has 0 aromatic carbocycles. The molecule has 0 aliphatic heterocycles. The van der Waals surface area contributed by atoms with Gasteiger partial charge in [0.2, 0.25) is 17.7 Å². The van der Waals surface area contributed by atoms with Gasteiger partial charge in [0.25, 0.3) is 0 Å². The number of aliphatic hydroxyl groups is 1. The molecule has 116 valence electrons. The van der Waals surface area contributed by atoms with E-state index < -0.39 is 18.0 Å². The fourth-order valence-corrected chi connectivity index (χ4v) is 1.35. The molecule has 0 saturated carbocycles. The third kappa shape index (κ3) is 5.10. The van der Waals surface area contributed by atoms with Crippen molar-refractivity contribution in [1.29, 1.82) is 0 Å². The number of nitrogens with one attached hydrogen (secondary N) is 2. The number of aliphatic carboxylic acids is 1. The highest BCUT2D eigenvalue weighted by atomic mass is 16.5. The molecule has 10 heteroatoms. The van der Waals surface area contributed by atoms with E-state index in [9.17, 15) is 9.59 Å². The summed E-state index contributed by atoms with van der Waals surface area (Å²) in [4.78, 5) is 30.2. The summed E-state index contributed by atoms with van der Waals surface area (Å²) in [6.07, 6.45) is -0.120. The van der Waals surface area contributed by atoms with E-state index in [1.807, 2.05) is 0 Å². The van der Waals surface area contributed by atoms with Crippen molar-refractivity contribution >= 4 is 17.9 Å². The Balaban J connectivity index is 2.75. The summed E-state index contributed by atoms with van der Waals surface area (Å²) < 4.78 is 9.81. The molecule has 0 saturated heterocycles. The van der Waals surface area contributed by atoms with Crippen LogP contribution in [0.25, 0.3) is 0 Å². The van der Waals surface area contributed by atoms with Gasteiger partial charge in [-0.3, -0.25) is 5.32 Å². The minimum atomic E-state index is -1.26. The highest BCUT2D eigenvalue weighted by Crippen LogP contribution is 2.17. The average molecular weight is 300 g/mol. The van der Waals surface area contributed by atoms with Crippen LogP contribution in [0.5, 0.6) is 11.8 Å². The Hall–Kier alpha value is -2.62. The van der Waals surface area contributed by atoms with Crippen molar-refractivity contribution in [3.05, 3.63) is 6.07 Å². The lowest BCUT2D eigenvalue weighted by atomic mass is 10.2. The number of carbonyl (C=O) groups is 2. The summed E-state index contributed by atoms with van der Waals surface area (Å²) in [5.41, 5.74) is 0. The third-order valence-electron chi connectivity index (χ3n) is 2.34. The summed E-state index contributed by atoms with van der Waals surface area (Å²) in [5.74, 6) is -1.04. The first-order valence-electron chi connectivity index (χ1n) is 5.88. The van der Waals surface area contributed by atoms with E-state index in [0.29, 0.717) is 0 Å². The SMILES string of the molecule is COc1cc(OC)nc(NC(=O)N[C@H](CCO)C(=O)O)n1. The zero-order valence-corrected chi connectivity index (χ0v) is 11.5. The first-order valence-corrected chi connectivity index (χ1v) is 5.88. The van der Waals surface area contributed by atoms with E-state index in [1.165, 1.54) is 20.3 Å². The largest absolute Gasteiger partial charge is 0.481 e. The Kier molecular flexibility index (Phi) is 6.14. The highest BCUT2D eigenvalue weighted by molar-refractivity contribution is 5.90. The Morgan fingerprint density at radius 2 is 1.86 bits per heavy atom. The standard InChI is InChI=1S/C11H16N4O6/c1-20-7-5-8(21-2)14-10(13-7)15-11(19)12-6(3-4-16)9(17)18/h5-6,16H,3-4H2,1-2H3,(H,17,18)(H2,12,13,14,15,19)/t6-/m1/s1. The van der Waals surface area contributed by atoms with E-state index >= 15 is 0 Å². The topological polar surface area (TPSA) is 143 Å². The van der Waals surface area contributed by atoms with Gasteiger partial charge in [-0.1, -0.05) is 0 Å². The smallest absolute Gasteiger partial charge is 0.326 e. The van der Waals surface area contributed by atoms with Crippen LogP contribution in [0.4, 0.5) is 10.7 Å². The van der Waals surface area contributed by atoms with Gasteiger partial charge in [-0.25, -0.2) is 9.59 Å². The Labute approximate surface area is 120 Å². The van der Waals surface area contributed by atoms with Crippen molar-refractivity contribution in [2.45, 2.75) is 12.5 Å². The van der Waals surface area contributed by atoms with E-state index in [2.05, 4.69) is 20.6 Å². The summed E-state index contributed by atoms with van der Waals surface area (Å²) in [6, 6.07) is -0.636. The van der Waals surface area contributed by atoms with Gasteiger partial charge in [0.15, 0.2) is 0 Å². The van der Waals surface area contributed by atoms with Crippen LogP contribution >= 0.6 is 0 Å². The second-order valence-electron chi connectivity index (χ2n) is 3.78. The van der Waals surface area contributed by atoms with Crippen LogP contribution in [0.15, 0.2) is 6.07 Å². The normalized spacial score (nSPS) is 11.4. The Morgan fingerprint density at radius 3 is 2.29 bits per heavy atom. The summed E-state index contributed by atoms with van der Waals surface area (Å²) in [7, 11) is 2.76. The number of nitrogens with zero attached hydrogens (tertiary/aromatic N) is 2. The number of urea groups is 1. The second kappa shape index (κ2) is 7.85. The van der Waals surface area contributed by atoms with Crippen molar-refractivity contribution in [2.75, 3.05) is 26.1 Å². The predicted molar refractivity (Wildman–Crippen MR) is 70.4 cm³/mol. The maximum atomic E-state index is 11.7. The molecule has 0 spiro atoms. The number of ether oxygens (including phenoxy) is 2. The minimum absolute atomic E-state index is 0.114.